The zero-order chi connectivity index (χ0) is 28.2. The van der Waals surface area contributed by atoms with Crippen molar-refractivity contribution in [2.24, 2.45) is 0 Å². The molecule has 1 amide bonds. The fourth-order valence-electron chi connectivity index (χ4n) is 5.80. The molecule has 2 aliphatic rings. The summed E-state index contributed by atoms with van der Waals surface area (Å²) in [6.07, 6.45) is 4.98. The topological polar surface area (TPSA) is 84.9 Å². The lowest BCUT2D eigenvalue weighted by Crippen LogP contribution is -2.31. The van der Waals surface area contributed by atoms with Gasteiger partial charge in [-0.05, 0) is 69.5 Å². The van der Waals surface area contributed by atoms with Crippen LogP contribution < -0.4 is 10.1 Å². The second-order valence-electron chi connectivity index (χ2n) is 10.4. The lowest BCUT2D eigenvalue weighted by molar-refractivity contribution is -0.137. The molecule has 2 aliphatic carbocycles. The van der Waals surface area contributed by atoms with Crippen molar-refractivity contribution in [3.05, 3.63) is 124 Å². The molecule has 0 aliphatic heterocycles. The van der Waals surface area contributed by atoms with E-state index in [4.69, 9.17) is 14.6 Å². The predicted octanol–water partition coefficient (Wildman–Crippen LogP) is 7.43. The minimum Gasteiger partial charge on any atom is -0.494 e. The van der Waals surface area contributed by atoms with Gasteiger partial charge < -0.3 is 19.9 Å². The number of fused-ring (bicyclic) bond motifs is 5. The number of hydrogen-bond donors (Lipinski definition) is 2. The molecule has 0 saturated heterocycles. The number of benzene rings is 4. The highest BCUT2D eigenvalue weighted by Crippen LogP contribution is 2.44. The molecular weight excluding hydrogens is 514 g/mol. The fourth-order valence-corrected chi connectivity index (χ4v) is 5.80. The number of aliphatic carboxylic acids is 1. The van der Waals surface area contributed by atoms with Gasteiger partial charge in [0.1, 0.15) is 12.4 Å². The summed E-state index contributed by atoms with van der Waals surface area (Å²) in [5, 5.41) is 12.0. The number of nitrogens with one attached hydrogen (secondary N) is 1. The van der Waals surface area contributed by atoms with Crippen molar-refractivity contribution in [1.82, 2.24) is 5.32 Å². The first kappa shape index (κ1) is 26.4. The molecule has 6 heteroatoms. The smallest absolute Gasteiger partial charge is 0.407 e. The Morgan fingerprint density at radius 2 is 1.37 bits per heavy atom. The second-order valence-corrected chi connectivity index (χ2v) is 10.4. The first-order valence-electron chi connectivity index (χ1n) is 14.0. The highest BCUT2D eigenvalue weighted by atomic mass is 16.5. The standard InChI is InChI=1S/C35H31NO5/c37-33(38)15-7-8-20-40-25-18-19-27-24(21-25)17-16-23-9-1-2-10-26(23)34(27)36-35(39)41-22-32-30-13-5-3-11-28(30)29-12-4-6-14-31(29)32/h1-6,9-14,16-19,21,32,34H,7-8,15,20,22H2,(H,36,39)(H,37,38). The molecule has 206 valence electrons. The third-order valence-electron chi connectivity index (χ3n) is 7.78. The van der Waals surface area contributed by atoms with Gasteiger partial charge in [0.05, 0.1) is 12.6 Å². The molecule has 0 radical (unpaired) electrons. The summed E-state index contributed by atoms with van der Waals surface area (Å²) in [5.41, 5.74) is 8.61. The van der Waals surface area contributed by atoms with Crippen LogP contribution in [0.15, 0.2) is 91.0 Å². The summed E-state index contributed by atoms with van der Waals surface area (Å²) in [4.78, 5) is 24.1. The molecule has 4 aromatic carbocycles. The summed E-state index contributed by atoms with van der Waals surface area (Å²) in [7, 11) is 0. The number of unbranched alkanes of at least 4 members (excludes halogenated alkanes) is 1. The van der Waals surface area contributed by atoms with Crippen molar-refractivity contribution in [3.63, 3.8) is 0 Å². The van der Waals surface area contributed by atoms with Gasteiger partial charge in [0, 0.05) is 12.3 Å². The molecule has 0 saturated carbocycles. The molecule has 0 heterocycles. The van der Waals surface area contributed by atoms with E-state index in [9.17, 15) is 9.59 Å². The lowest BCUT2D eigenvalue weighted by atomic mass is 9.94. The van der Waals surface area contributed by atoms with Crippen molar-refractivity contribution in [3.8, 4) is 16.9 Å². The van der Waals surface area contributed by atoms with Gasteiger partial charge in [-0.15, -0.1) is 0 Å². The molecular formula is C35H31NO5. The first-order chi connectivity index (χ1) is 20.1. The van der Waals surface area contributed by atoms with E-state index in [1.165, 1.54) is 22.3 Å². The van der Waals surface area contributed by atoms with Gasteiger partial charge in [0.25, 0.3) is 0 Å². The third-order valence-corrected chi connectivity index (χ3v) is 7.78. The van der Waals surface area contributed by atoms with Gasteiger partial charge in [-0.3, -0.25) is 4.79 Å². The number of carbonyl (C=O) groups excluding carboxylic acids is 1. The van der Waals surface area contributed by atoms with Crippen LogP contribution in [0, 0.1) is 0 Å². The number of hydrogen-bond acceptors (Lipinski definition) is 4. The highest BCUT2D eigenvalue weighted by Gasteiger charge is 2.30. The highest BCUT2D eigenvalue weighted by molar-refractivity contribution is 5.80. The number of rotatable bonds is 9. The number of carboxylic acid groups (broad SMARTS) is 1. The largest absolute Gasteiger partial charge is 0.494 e. The number of amides is 1. The summed E-state index contributed by atoms with van der Waals surface area (Å²) in [5.74, 6) is -0.108. The van der Waals surface area contributed by atoms with Crippen LogP contribution in [0.4, 0.5) is 4.79 Å². The Hall–Kier alpha value is -4.84. The minimum absolute atomic E-state index is 0.0151. The minimum atomic E-state index is -0.797. The SMILES string of the molecule is O=C(O)CCCCOc1ccc2c(c1)C=Cc1ccccc1C2NC(=O)OCC1c2ccccc2-c2ccccc21. The monoisotopic (exact) mass is 545 g/mol. The summed E-state index contributed by atoms with van der Waals surface area (Å²) in [6, 6.07) is 30.0. The fraction of sp³-hybridized carbons (Fsp3) is 0.200. The Kier molecular flexibility index (Phi) is 7.54. The van der Waals surface area contributed by atoms with E-state index in [2.05, 4.69) is 29.6 Å². The average Bonchev–Trinajstić information content (AvgIpc) is 3.22. The van der Waals surface area contributed by atoms with E-state index in [1.54, 1.807) is 0 Å². The number of ether oxygens (including phenoxy) is 2. The Labute approximate surface area is 239 Å². The van der Waals surface area contributed by atoms with Gasteiger partial charge in [0.15, 0.2) is 0 Å². The van der Waals surface area contributed by atoms with E-state index in [-0.39, 0.29) is 18.9 Å². The van der Waals surface area contributed by atoms with Crippen molar-refractivity contribution in [2.75, 3.05) is 13.2 Å². The van der Waals surface area contributed by atoms with Crippen LogP contribution in [0.5, 0.6) is 5.75 Å². The molecule has 0 spiro atoms. The van der Waals surface area contributed by atoms with Crippen LogP contribution in [0.1, 0.15) is 64.6 Å². The van der Waals surface area contributed by atoms with E-state index in [1.807, 2.05) is 78.9 Å². The molecule has 0 bridgehead atoms. The van der Waals surface area contributed by atoms with E-state index >= 15 is 0 Å². The number of alkyl carbamates (subject to hydrolysis) is 1. The van der Waals surface area contributed by atoms with Crippen LogP contribution in [0.25, 0.3) is 23.3 Å². The summed E-state index contributed by atoms with van der Waals surface area (Å²) in [6.45, 7) is 0.686. The molecule has 1 unspecified atom stereocenters. The van der Waals surface area contributed by atoms with E-state index in [0.717, 1.165) is 22.3 Å². The first-order valence-corrected chi connectivity index (χ1v) is 14.0. The molecule has 0 aromatic heterocycles. The van der Waals surface area contributed by atoms with Crippen molar-refractivity contribution < 1.29 is 24.2 Å². The van der Waals surface area contributed by atoms with E-state index < -0.39 is 18.1 Å². The molecule has 41 heavy (non-hydrogen) atoms. The van der Waals surface area contributed by atoms with Gasteiger partial charge in [-0.25, -0.2) is 4.79 Å². The predicted molar refractivity (Wildman–Crippen MR) is 159 cm³/mol. The van der Waals surface area contributed by atoms with Crippen LogP contribution >= 0.6 is 0 Å². The molecule has 6 rings (SSSR count). The second kappa shape index (κ2) is 11.7. The number of carboxylic acids is 1. The van der Waals surface area contributed by atoms with Crippen LogP contribution in [-0.4, -0.2) is 30.4 Å². The third kappa shape index (κ3) is 5.59. The van der Waals surface area contributed by atoms with Gasteiger partial charge >= 0.3 is 12.1 Å². The van der Waals surface area contributed by atoms with Gasteiger partial charge in [-0.2, -0.15) is 0 Å². The molecule has 6 nitrogen and oxygen atoms in total. The molecule has 0 fully saturated rings. The molecule has 4 aromatic rings. The molecule has 2 N–H and O–H groups in total. The maximum Gasteiger partial charge on any atom is 0.407 e. The number of carbonyl (C=O) groups is 2. The van der Waals surface area contributed by atoms with Crippen LogP contribution in [0.3, 0.4) is 0 Å². The van der Waals surface area contributed by atoms with Crippen molar-refractivity contribution >= 4 is 24.2 Å². The van der Waals surface area contributed by atoms with E-state index in [0.29, 0.717) is 25.2 Å². The maximum atomic E-state index is 13.3. The summed E-state index contributed by atoms with van der Waals surface area (Å²) < 4.78 is 11.8. The normalized spacial score (nSPS) is 14.7. The van der Waals surface area contributed by atoms with Crippen LogP contribution in [-0.2, 0) is 9.53 Å². The van der Waals surface area contributed by atoms with Crippen molar-refractivity contribution in [2.45, 2.75) is 31.2 Å². The zero-order valence-electron chi connectivity index (χ0n) is 22.6. The zero-order valence-corrected chi connectivity index (χ0v) is 22.6. The quantitative estimate of drug-likeness (QED) is 0.214. The Morgan fingerprint density at radius 3 is 2.10 bits per heavy atom. The summed E-state index contributed by atoms with van der Waals surface area (Å²) >= 11 is 0. The Balaban J connectivity index is 1.19. The van der Waals surface area contributed by atoms with Gasteiger partial charge in [-0.1, -0.05) is 91.0 Å². The molecule has 1 atom stereocenters. The average molecular weight is 546 g/mol. The maximum absolute atomic E-state index is 13.3. The van der Waals surface area contributed by atoms with Crippen molar-refractivity contribution in [1.29, 1.82) is 0 Å². The van der Waals surface area contributed by atoms with Crippen LogP contribution in [0.2, 0.25) is 0 Å². The lowest BCUT2D eigenvalue weighted by Gasteiger charge is -2.23. The van der Waals surface area contributed by atoms with Gasteiger partial charge in [0.2, 0.25) is 0 Å². The Bertz CT molecular complexity index is 1580. The Morgan fingerprint density at radius 1 is 0.732 bits per heavy atom.